The van der Waals surface area contributed by atoms with E-state index >= 15 is 0 Å². The Morgan fingerprint density at radius 2 is 2.13 bits per heavy atom. The lowest BCUT2D eigenvalue weighted by Crippen LogP contribution is -2.26. The zero-order valence-electron chi connectivity index (χ0n) is 13.5. The van der Waals surface area contributed by atoms with Gasteiger partial charge < -0.3 is 9.73 Å². The molecule has 120 valence electrons. The fourth-order valence-electron chi connectivity index (χ4n) is 2.67. The number of hydrogen-bond acceptors (Lipinski definition) is 3. The van der Waals surface area contributed by atoms with Gasteiger partial charge in [-0.15, -0.1) is 0 Å². The SMILES string of the molecule is Cc1ccc(CCNC(=O)CCn2ncc3c(C)cccc32)o1. The number of aromatic nitrogens is 2. The van der Waals surface area contributed by atoms with Crippen LogP contribution in [0.15, 0.2) is 40.9 Å². The highest BCUT2D eigenvalue weighted by Crippen LogP contribution is 2.17. The van der Waals surface area contributed by atoms with Crippen molar-refractivity contribution < 1.29 is 9.21 Å². The lowest BCUT2D eigenvalue weighted by atomic mass is 10.1. The highest BCUT2D eigenvalue weighted by Gasteiger charge is 2.07. The minimum Gasteiger partial charge on any atom is -0.466 e. The maximum Gasteiger partial charge on any atom is 0.221 e. The van der Waals surface area contributed by atoms with Crippen LogP contribution >= 0.6 is 0 Å². The van der Waals surface area contributed by atoms with Crippen molar-refractivity contribution in [2.45, 2.75) is 33.2 Å². The van der Waals surface area contributed by atoms with Crippen molar-refractivity contribution in [1.82, 2.24) is 15.1 Å². The Morgan fingerprint density at radius 1 is 1.26 bits per heavy atom. The molecule has 23 heavy (non-hydrogen) atoms. The lowest BCUT2D eigenvalue weighted by molar-refractivity contribution is -0.121. The van der Waals surface area contributed by atoms with Crippen LogP contribution in [-0.4, -0.2) is 22.2 Å². The number of nitrogens with one attached hydrogen (secondary N) is 1. The Morgan fingerprint density at radius 3 is 2.91 bits per heavy atom. The van der Waals surface area contributed by atoms with E-state index in [1.807, 2.05) is 42.1 Å². The highest BCUT2D eigenvalue weighted by molar-refractivity contribution is 5.82. The molecule has 5 nitrogen and oxygen atoms in total. The van der Waals surface area contributed by atoms with Crippen LogP contribution in [0.2, 0.25) is 0 Å². The Kier molecular flexibility index (Phi) is 4.46. The number of furan rings is 1. The summed E-state index contributed by atoms with van der Waals surface area (Å²) in [6, 6.07) is 9.99. The van der Waals surface area contributed by atoms with Crippen LogP contribution in [0.1, 0.15) is 23.5 Å². The second-order valence-electron chi connectivity index (χ2n) is 5.74. The first-order chi connectivity index (χ1) is 11.1. The van der Waals surface area contributed by atoms with E-state index in [2.05, 4.69) is 23.4 Å². The summed E-state index contributed by atoms with van der Waals surface area (Å²) in [5.41, 5.74) is 2.27. The maximum atomic E-state index is 12.0. The molecule has 1 aromatic carbocycles. The first-order valence-electron chi connectivity index (χ1n) is 7.86. The second-order valence-corrected chi connectivity index (χ2v) is 5.74. The van der Waals surface area contributed by atoms with Gasteiger partial charge >= 0.3 is 0 Å². The summed E-state index contributed by atoms with van der Waals surface area (Å²) in [7, 11) is 0. The Hall–Kier alpha value is -2.56. The molecule has 3 rings (SSSR count). The van der Waals surface area contributed by atoms with E-state index in [0.717, 1.165) is 22.4 Å². The molecule has 0 atom stereocenters. The predicted octanol–water partition coefficient (Wildman–Crippen LogP) is 3.00. The molecule has 1 amide bonds. The number of rotatable bonds is 6. The standard InChI is InChI=1S/C18H21N3O2/c1-13-4-3-5-17-16(13)12-20-21(17)11-9-18(22)19-10-8-15-7-6-14(2)23-15/h3-7,12H,8-11H2,1-2H3,(H,19,22). The topological polar surface area (TPSA) is 60.1 Å². The zero-order valence-corrected chi connectivity index (χ0v) is 13.5. The normalized spacial score (nSPS) is 11.0. The number of nitrogens with zero attached hydrogens (tertiary/aromatic N) is 2. The molecule has 0 saturated heterocycles. The molecular formula is C18H21N3O2. The van der Waals surface area contributed by atoms with Crippen molar-refractivity contribution in [3.8, 4) is 0 Å². The van der Waals surface area contributed by atoms with Gasteiger partial charge in [0.25, 0.3) is 0 Å². The molecule has 0 aliphatic rings. The maximum absolute atomic E-state index is 12.0. The summed E-state index contributed by atoms with van der Waals surface area (Å²) in [6.07, 6.45) is 2.99. The first kappa shape index (κ1) is 15.3. The number of carbonyl (C=O) groups excluding carboxylic acids is 1. The van der Waals surface area contributed by atoms with Gasteiger partial charge in [0.1, 0.15) is 11.5 Å². The van der Waals surface area contributed by atoms with Crippen LogP contribution in [-0.2, 0) is 17.8 Å². The third kappa shape index (κ3) is 3.62. The molecule has 0 radical (unpaired) electrons. The van der Waals surface area contributed by atoms with Crippen molar-refractivity contribution >= 4 is 16.8 Å². The summed E-state index contributed by atoms with van der Waals surface area (Å²) in [5.74, 6) is 1.83. The van der Waals surface area contributed by atoms with Crippen LogP contribution in [0.4, 0.5) is 0 Å². The summed E-state index contributed by atoms with van der Waals surface area (Å²) < 4.78 is 7.36. The predicted molar refractivity (Wildman–Crippen MR) is 89.2 cm³/mol. The van der Waals surface area contributed by atoms with Crippen LogP contribution in [0.25, 0.3) is 10.9 Å². The van der Waals surface area contributed by atoms with Gasteiger partial charge in [0, 0.05) is 24.8 Å². The van der Waals surface area contributed by atoms with E-state index in [0.29, 0.717) is 25.9 Å². The largest absolute Gasteiger partial charge is 0.466 e. The van der Waals surface area contributed by atoms with Gasteiger partial charge in [-0.25, -0.2) is 0 Å². The molecule has 0 aliphatic heterocycles. The van der Waals surface area contributed by atoms with Crippen molar-refractivity contribution in [2.75, 3.05) is 6.54 Å². The average Bonchev–Trinajstić information content (AvgIpc) is 3.12. The molecule has 0 bridgehead atoms. The molecule has 0 unspecified atom stereocenters. The van der Waals surface area contributed by atoms with Crippen molar-refractivity contribution in [3.63, 3.8) is 0 Å². The van der Waals surface area contributed by atoms with E-state index in [-0.39, 0.29) is 5.91 Å². The van der Waals surface area contributed by atoms with Gasteiger partial charge in [0.05, 0.1) is 18.3 Å². The Balaban J connectivity index is 1.49. The number of benzene rings is 1. The second kappa shape index (κ2) is 6.69. The van der Waals surface area contributed by atoms with Crippen LogP contribution in [0.5, 0.6) is 0 Å². The minimum atomic E-state index is 0.0320. The number of aryl methyl sites for hydroxylation is 3. The molecule has 0 saturated carbocycles. The van der Waals surface area contributed by atoms with Gasteiger partial charge in [0.2, 0.25) is 5.91 Å². The van der Waals surface area contributed by atoms with Gasteiger partial charge in [-0.05, 0) is 37.6 Å². The molecule has 1 N–H and O–H groups in total. The summed E-state index contributed by atoms with van der Waals surface area (Å²) >= 11 is 0. The molecule has 2 aromatic heterocycles. The number of fused-ring (bicyclic) bond motifs is 1. The van der Waals surface area contributed by atoms with Crippen molar-refractivity contribution in [2.24, 2.45) is 0 Å². The van der Waals surface area contributed by atoms with Crippen LogP contribution in [0, 0.1) is 13.8 Å². The molecule has 5 heteroatoms. The average molecular weight is 311 g/mol. The molecular weight excluding hydrogens is 290 g/mol. The summed E-state index contributed by atoms with van der Waals surface area (Å²) in [4.78, 5) is 12.0. The molecule has 3 aromatic rings. The molecule has 2 heterocycles. The number of carbonyl (C=O) groups is 1. The van der Waals surface area contributed by atoms with Gasteiger partial charge in [0.15, 0.2) is 0 Å². The van der Waals surface area contributed by atoms with E-state index in [4.69, 9.17) is 4.42 Å². The first-order valence-corrected chi connectivity index (χ1v) is 7.86. The highest BCUT2D eigenvalue weighted by atomic mass is 16.3. The smallest absolute Gasteiger partial charge is 0.221 e. The Bertz CT molecular complexity index is 817. The lowest BCUT2D eigenvalue weighted by Gasteiger charge is -2.06. The van der Waals surface area contributed by atoms with Crippen LogP contribution < -0.4 is 5.32 Å². The molecule has 0 aliphatic carbocycles. The van der Waals surface area contributed by atoms with Crippen molar-refractivity contribution in [3.05, 3.63) is 53.6 Å². The van der Waals surface area contributed by atoms with Crippen molar-refractivity contribution in [1.29, 1.82) is 0 Å². The number of hydrogen-bond donors (Lipinski definition) is 1. The van der Waals surface area contributed by atoms with E-state index in [9.17, 15) is 4.79 Å². The quantitative estimate of drug-likeness (QED) is 0.761. The van der Waals surface area contributed by atoms with E-state index in [1.165, 1.54) is 5.56 Å². The Labute approximate surface area is 135 Å². The third-order valence-corrected chi connectivity index (χ3v) is 3.95. The monoisotopic (exact) mass is 311 g/mol. The molecule has 0 spiro atoms. The minimum absolute atomic E-state index is 0.0320. The zero-order chi connectivity index (χ0) is 16.2. The third-order valence-electron chi connectivity index (χ3n) is 3.95. The van der Waals surface area contributed by atoms with Gasteiger partial charge in [-0.1, -0.05) is 12.1 Å². The fraction of sp³-hybridized carbons (Fsp3) is 0.333. The summed E-state index contributed by atoms with van der Waals surface area (Å²) in [6.45, 7) is 5.15. The van der Waals surface area contributed by atoms with Gasteiger partial charge in [-0.2, -0.15) is 5.10 Å². The number of amides is 1. The summed E-state index contributed by atoms with van der Waals surface area (Å²) in [5, 5.41) is 8.44. The van der Waals surface area contributed by atoms with Crippen LogP contribution in [0.3, 0.4) is 0 Å². The fourth-order valence-corrected chi connectivity index (χ4v) is 2.67. The van der Waals surface area contributed by atoms with E-state index < -0.39 is 0 Å². The molecule has 0 fully saturated rings. The van der Waals surface area contributed by atoms with E-state index in [1.54, 1.807) is 0 Å². The van der Waals surface area contributed by atoms with Gasteiger partial charge in [-0.3, -0.25) is 9.48 Å².